The van der Waals surface area contributed by atoms with Gasteiger partial charge in [0.2, 0.25) is 0 Å². The van der Waals surface area contributed by atoms with Crippen LogP contribution >= 0.6 is 11.3 Å². The van der Waals surface area contributed by atoms with Gasteiger partial charge >= 0.3 is 0 Å². The number of hydrogen-bond donors (Lipinski definition) is 2. The summed E-state index contributed by atoms with van der Waals surface area (Å²) >= 11 is 1.20. The molecule has 2 rings (SSSR count). The summed E-state index contributed by atoms with van der Waals surface area (Å²) in [6.07, 6.45) is 0.942. The number of aryl methyl sites for hydroxylation is 1. The zero-order valence-corrected chi connectivity index (χ0v) is 15.4. The monoisotopic (exact) mass is 366 g/mol. The van der Waals surface area contributed by atoms with Crippen LogP contribution in [0.4, 0.5) is 5.69 Å². The highest BCUT2D eigenvalue weighted by Gasteiger charge is 2.20. The smallest absolute Gasteiger partial charge is 0.252 e. The number of aliphatic imine (C=N–C) groups is 1. The highest BCUT2D eigenvalue weighted by atomic mass is 32.2. The summed E-state index contributed by atoms with van der Waals surface area (Å²) in [6, 6.07) is 11.2. The molecule has 0 aliphatic carbocycles. The molecule has 130 valence electrons. The molecule has 0 aliphatic heterocycles. The second-order valence-electron chi connectivity index (χ2n) is 5.20. The molecule has 1 heterocycles. The first-order valence-corrected chi connectivity index (χ1v) is 9.91. The van der Waals surface area contributed by atoms with Crippen LogP contribution in [-0.4, -0.2) is 38.8 Å². The van der Waals surface area contributed by atoms with E-state index in [0.29, 0.717) is 4.21 Å². The highest BCUT2D eigenvalue weighted by molar-refractivity contribution is 7.91. The summed E-state index contributed by atoms with van der Waals surface area (Å²) in [6.45, 7) is 2.63. The molecule has 0 saturated carbocycles. The zero-order valence-electron chi connectivity index (χ0n) is 13.8. The molecule has 0 fully saturated rings. The van der Waals surface area contributed by atoms with Crippen LogP contribution in [0.1, 0.15) is 12.5 Å². The molecule has 0 atom stereocenters. The second-order valence-corrected chi connectivity index (χ2v) is 8.42. The van der Waals surface area contributed by atoms with Crippen LogP contribution in [0.25, 0.3) is 0 Å². The summed E-state index contributed by atoms with van der Waals surface area (Å²) < 4.78 is 26.2. The van der Waals surface area contributed by atoms with Gasteiger partial charge in [-0.25, -0.2) is 8.42 Å². The molecule has 0 unspecified atom stereocenters. The Morgan fingerprint density at radius 1 is 1.33 bits per heavy atom. The van der Waals surface area contributed by atoms with Crippen molar-refractivity contribution >= 4 is 33.0 Å². The Kier molecular flexibility index (Phi) is 6.36. The van der Waals surface area contributed by atoms with Crippen molar-refractivity contribution in [1.82, 2.24) is 4.31 Å². The number of rotatable bonds is 7. The molecule has 0 aliphatic rings. The molecule has 0 bridgehead atoms. The minimum Gasteiger partial charge on any atom is -0.370 e. The lowest BCUT2D eigenvalue weighted by atomic mass is 10.1. The Hall–Kier alpha value is -1.90. The summed E-state index contributed by atoms with van der Waals surface area (Å²) in [5.41, 5.74) is 7.93. The van der Waals surface area contributed by atoms with E-state index in [4.69, 9.17) is 5.73 Å². The van der Waals surface area contributed by atoms with E-state index in [1.165, 1.54) is 21.2 Å². The number of nitrogens with zero attached hydrogens (tertiary/aromatic N) is 2. The van der Waals surface area contributed by atoms with Gasteiger partial charge in [-0.15, -0.1) is 11.3 Å². The Morgan fingerprint density at radius 2 is 2.12 bits per heavy atom. The van der Waals surface area contributed by atoms with Crippen molar-refractivity contribution in [3.63, 3.8) is 0 Å². The molecule has 0 saturated heterocycles. The first kappa shape index (κ1) is 18.4. The van der Waals surface area contributed by atoms with Crippen LogP contribution in [0, 0.1) is 0 Å². The normalized spacial score (nSPS) is 12.5. The second kappa shape index (κ2) is 8.27. The Balaban J connectivity index is 1.91. The van der Waals surface area contributed by atoms with Gasteiger partial charge in [-0.1, -0.05) is 25.1 Å². The summed E-state index contributed by atoms with van der Waals surface area (Å²) in [7, 11) is -1.90. The van der Waals surface area contributed by atoms with Crippen LogP contribution in [0.5, 0.6) is 0 Å². The number of benzene rings is 1. The van der Waals surface area contributed by atoms with E-state index < -0.39 is 10.0 Å². The fourth-order valence-electron chi connectivity index (χ4n) is 2.05. The molecule has 3 N–H and O–H groups in total. The largest absolute Gasteiger partial charge is 0.370 e. The van der Waals surface area contributed by atoms with Gasteiger partial charge in [-0.2, -0.15) is 4.31 Å². The first-order chi connectivity index (χ1) is 11.4. The minimum atomic E-state index is -3.44. The molecule has 0 radical (unpaired) electrons. The van der Waals surface area contributed by atoms with Crippen molar-refractivity contribution in [3.8, 4) is 0 Å². The van der Waals surface area contributed by atoms with E-state index in [1.807, 2.05) is 24.3 Å². The SMILES string of the molecule is CCc1cccc(NC(N)=NCCN(C)S(=O)(=O)c2cccs2)c1. The maximum Gasteiger partial charge on any atom is 0.252 e. The molecule has 6 nitrogen and oxygen atoms in total. The number of likely N-dealkylation sites (N-methyl/N-ethyl adjacent to an activating group) is 1. The summed E-state index contributed by atoms with van der Waals surface area (Å²) in [4.78, 5) is 4.19. The van der Waals surface area contributed by atoms with Gasteiger partial charge in [0.15, 0.2) is 5.96 Å². The molecule has 24 heavy (non-hydrogen) atoms. The topological polar surface area (TPSA) is 87.8 Å². The number of hydrogen-bond acceptors (Lipinski definition) is 4. The summed E-state index contributed by atoms with van der Waals surface area (Å²) in [5, 5.41) is 4.76. The average molecular weight is 367 g/mol. The zero-order chi connectivity index (χ0) is 17.6. The van der Waals surface area contributed by atoms with E-state index in [9.17, 15) is 8.42 Å². The van der Waals surface area contributed by atoms with Gasteiger partial charge in [-0.3, -0.25) is 4.99 Å². The Labute approximate surface area is 147 Å². The number of anilines is 1. The van der Waals surface area contributed by atoms with Gasteiger partial charge in [0.25, 0.3) is 10.0 Å². The summed E-state index contributed by atoms with van der Waals surface area (Å²) in [5.74, 6) is 0.269. The van der Waals surface area contributed by atoms with Crippen molar-refractivity contribution in [3.05, 3.63) is 47.3 Å². The number of thiophene rings is 1. The Morgan fingerprint density at radius 3 is 2.79 bits per heavy atom. The molecule has 0 amide bonds. The van der Waals surface area contributed by atoms with Gasteiger partial charge in [0.1, 0.15) is 4.21 Å². The van der Waals surface area contributed by atoms with E-state index in [2.05, 4.69) is 17.2 Å². The van der Waals surface area contributed by atoms with Crippen LogP contribution in [-0.2, 0) is 16.4 Å². The quantitative estimate of drug-likeness (QED) is 0.582. The third-order valence-corrected chi connectivity index (χ3v) is 6.69. The molecular weight excluding hydrogens is 344 g/mol. The number of nitrogens with one attached hydrogen (secondary N) is 1. The fraction of sp³-hybridized carbons (Fsp3) is 0.312. The molecule has 1 aromatic carbocycles. The maximum absolute atomic E-state index is 12.3. The van der Waals surface area contributed by atoms with E-state index in [1.54, 1.807) is 24.6 Å². The number of guanidine groups is 1. The third kappa shape index (κ3) is 4.80. The van der Waals surface area contributed by atoms with Gasteiger partial charge in [0, 0.05) is 19.3 Å². The van der Waals surface area contributed by atoms with Crippen molar-refractivity contribution in [1.29, 1.82) is 0 Å². The lowest BCUT2D eigenvalue weighted by Crippen LogP contribution is -2.30. The standard InChI is InChI=1S/C16H22N4O2S2/c1-3-13-6-4-7-14(12-13)19-16(17)18-9-10-20(2)24(21,22)15-8-5-11-23-15/h4-8,11-12H,3,9-10H2,1-2H3,(H3,17,18,19). The number of nitrogens with two attached hydrogens (primary N) is 1. The van der Waals surface area contributed by atoms with E-state index in [0.717, 1.165) is 12.1 Å². The van der Waals surface area contributed by atoms with Gasteiger partial charge in [0.05, 0.1) is 6.54 Å². The minimum absolute atomic E-state index is 0.262. The van der Waals surface area contributed by atoms with Crippen LogP contribution in [0.3, 0.4) is 0 Å². The van der Waals surface area contributed by atoms with E-state index >= 15 is 0 Å². The predicted molar refractivity (Wildman–Crippen MR) is 100 cm³/mol. The molecular formula is C16H22N4O2S2. The predicted octanol–water partition coefficient (Wildman–Crippen LogP) is 2.36. The lowest BCUT2D eigenvalue weighted by Gasteiger charge is -2.15. The molecule has 2 aromatic rings. The van der Waals surface area contributed by atoms with Crippen LogP contribution in [0.15, 0.2) is 51.0 Å². The molecule has 8 heteroatoms. The van der Waals surface area contributed by atoms with Crippen molar-refractivity contribution < 1.29 is 8.42 Å². The van der Waals surface area contributed by atoms with Gasteiger partial charge in [-0.05, 0) is 35.6 Å². The maximum atomic E-state index is 12.3. The third-order valence-electron chi connectivity index (χ3n) is 3.46. The highest BCUT2D eigenvalue weighted by Crippen LogP contribution is 2.19. The Bertz CT molecular complexity index is 786. The lowest BCUT2D eigenvalue weighted by molar-refractivity contribution is 0.479. The van der Waals surface area contributed by atoms with Crippen LogP contribution in [0.2, 0.25) is 0 Å². The molecule has 1 aromatic heterocycles. The van der Waals surface area contributed by atoms with Crippen LogP contribution < -0.4 is 11.1 Å². The first-order valence-electron chi connectivity index (χ1n) is 7.59. The van der Waals surface area contributed by atoms with Crippen molar-refractivity contribution in [2.24, 2.45) is 10.7 Å². The fourth-order valence-corrected chi connectivity index (χ4v) is 4.41. The van der Waals surface area contributed by atoms with Gasteiger partial charge < -0.3 is 11.1 Å². The molecule has 0 spiro atoms. The van der Waals surface area contributed by atoms with E-state index in [-0.39, 0.29) is 19.0 Å². The average Bonchev–Trinajstić information content (AvgIpc) is 3.10. The number of sulfonamides is 1. The van der Waals surface area contributed by atoms with Crippen molar-refractivity contribution in [2.45, 2.75) is 17.6 Å². The van der Waals surface area contributed by atoms with Crippen molar-refractivity contribution in [2.75, 3.05) is 25.5 Å².